The van der Waals surface area contributed by atoms with Crippen LogP contribution in [0.1, 0.15) is 61.5 Å². The minimum Gasteiger partial charge on any atom is -0.308 e. The number of fused-ring (bicyclic) bond motifs is 1. The quantitative estimate of drug-likeness (QED) is 0.702. The molecule has 0 fully saturated rings. The Morgan fingerprint density at radius 3 is 2.31 bits per heavy atom. The summed E-state index contributed by atoms with van der Waals surface area (Å²) in [5.41, 5.74) is 3.58. The maximum absolute atomic E-state index is 13.1. The molecule has 0 aromatic heterocycles. The number of amides is 1. The molecule has 0 radical (unpaired) electrons. The summed E-state index contributed by atoms with van der Waals surface area (Å²) in [5.74, 6) is 0.377. The van der Waals surface area contributed by atoms with Gasteiger partial charge in [0.15, 0.2) is 0 Å². The molecular formula is C23H30N2O3S. The molecule has 0 unspecified atom stereocenters. The van der Waals surface area contributed by atoms with Gasteiger partial charge in [0.2, 0.25) is 10.0 Å². The maximum Gasteiger partial charge on any atom is 0.258 e. The Kier molecular flexibility index (Phi) is 6.44. The van der Waals surface area contributed by atoms with Gasteiger partial charge in [-0.05, 0) is 60.2 Å². The van der Waals surface area contributed by atoms with Crippen LogP contribution < -0.4 is 4.90 Å². The summed E-state index contributed by atoms with van der Waals surface area (Å²) >= 11 is 0. The van der Waals surface area contributed by atoms with Crippen molar-refractivity contribution in [2.24, 2.45) is 0 Å². The lowest BCUT2D eigenvalue weighted by atomic mass is 9.99. The molecule has 0 saturated carbocycles. The van der Waals surface area contributed by atoms with Gasteiger partial charge < -0.3 is 4.90 Å². The van der Waals surface area contributed by atoms with Crippen molar-refractivity contribution < 1.29 is 13.2 Å². The number of rotatable bonds is 6. The number of benzene rings is 2. The molecule has 29 heavy (non-hydrogen) atoms. The number of aryl methyl sites for hydroxylation is 1. The number of nitrogens with zero attached hydrogens (tertiary/aromatic N) is 2. The van der Waals surface area contributed by atoms with Gasteiger partial charge in [0, 0.05) is 30.9 Å². The first-order valence-electron chi connectivity index (χ1n) is 10.3. The predicted octanol–water partition coefficient (Wildman–Crippen LogP) is 4.43. The fourth-order valence-corrected chi connectivity index (χ4v) is 5.33. The summed E-state index contributed by atoms with van der Waals surface area (Å²) in [6.45, 7) is 9.44. The highest BCUT2D eigenvalue weighted by atomic mass is 32.2. The molecule has 1 amide bonds. The largest absolute Gasteiger partial charge is 0.308 e. The molecule has 2 aromatic carbocycles. The maximum atomic E-state index is 13.1. The van der Waals surface area contributed by atoms with Crippen LogP contribution in [-0.2, 0) is 16.4 Å². The first kappa shape index (κ1) is 21.5. The van der Waals surface area contributed by atoms with Crippen LogP contribution in [-0.4, -0.2) is 38.3 Å². The van der Waals surface area contributed by atoms with E-state index in [1.165, 1.54) is 9.87 Å². The molecule has 3 rings (SSSR count). The zero-order chi connectivity index (χ0) is 21.2. The third-order valence-electron chi connectivity index (χ3n) is 5.58. The second-order valence-corrected chi connectivity index (χ2v) is 9.65. The SMILES string of the molecule is CCN(CC)S(=O)(=O)c1ccc2c(c1)CCCN2C(=O)c1ccc(C(C)C)cc1. The Morgan fingerprint density at radius 2 is 1.72 bits per heavy atom. The van der Waals surface area contributed by atoms with Crippen molar-refractivity contribution in [2.45, 2.75) is 51.3 Å². The first-order chi connectivity index (χ1) is 13.8. The van der Waals surface area contributed by atoms with Crippen LogP contribution in [0.5, 0.6) is 0 Å². The zero-order valence-corrected chi connectivity index (χ0v) is 18.5. The Morgan fingerprint density at radius 1 is 1.07 bits per heavy atom. The molecule has 0 atom stereocenters. The van der Waals surface area contributed by atoms with Crippen LogP contribution in [0.25, 0.3) is 0 Å². The molecule has 0 bridgehead atoms. The standard InChI is InChI=1S/C23H30N2O3S/c1-5-24(6-2)29(27,28)21-13-14-22-20(16-21)8-7-15-25(22)23(26)19-11-9-18(10-12-19)17(3)4/h9-14,16-17H,5-8,15H2,1-4H3. The van der Waals surface area contributed by atoms with Gasteiger partial charge in [0.1, 0.15) is 0 Å². The highest BCUT2D eigenvalue weighted by molar-refractivity contribution is 7.89. The molecule has 6 heteroatoms. The van der Waals surface area contributed by atoms with Crippen LogP contribution in [0.3, 0.4) is 0 Å². The van der Waals surface area contributed by atoms with Gasteiger partial charge in [0.05, 0.1) is 4.90 Å². The van der Waals surface area contributed by atoms with Crippen molar-refractivity contribution in [1.29, 1.82) is 0 Å². The lowest BCUT2D eigenvalue weighted by Gasteiger charge is -2.30. The van der Waals surface area contributed by atoms with Crippen LogP contribution in [0.2, 0.25) is 0 Å². The van der Waals surface area contributed by atoms with E-state index in [0.717, 1.165) is 24.1 Å². The molecule has 156 valence electrons. The lowest BCUT2D eigenvalue weighted by Crippen LogP contribution is -2.36. The molecule has 0 N–H and O–H groups in total. The van der Waals surface area contributed by atoms with Gasteiger partial charge in [-0.1, -0.05) is 39.8 Å². The van der Waals surface area contributed by atoms with E-state index in [1.807, 2.05) is 38.1 Å². The number of hydrogen-bond acceptors (Lipinski definition) is 3. The summed E-state index contributed by atoms with van der Waals surface area (Å²) in [6.07, 6.45) is 1.59. The Bertz CT molecular complexity index is 978. The average molecular weight is 415 g/mol. The van der Waals surface area contributed by atoms with Gasteiger partial charge in [-0.2, -0.15) is 4.31 Å². The fraction of sp³-hybridized carbons (Fsp3) is 0.435. The van der Waals surface area contributed by atoms with Gasteiger partial charge in [-0.3, -0.25) is 4.79 Å². The zero-order valence-electron chi connectivity index (χ0n) is 17.7. The second-order valence-electron chi connectivity index (χ2n) is 7.72. The number of carbonyl (C=O) groups excluding carboxylic acids is 1. The molecule has 1 heterocycles. The monoisotopic (exact) mass is 414 g/mol. The van der Waals surface area contributed by atoms with Crippen molar-refractivity contribution in [3.05, 3.63) is 59.2 Å². The van der Waals surface area contributed by atoms with Gasteiger partial charge in [-0.15, -0.1) is 0 Å². The van der Waals surface area contributed by atoms with Crippen LogP contribution in [0.15, 0.2) is 47.4 Å². The number of sulfonamides is 1. The molecule has 5 nitrogen and oxygen atoms in total. The highest BCUT2D eigenvalue weighted by Crippen LogP contribution is 2.31. The van der Waals surface area contributed by atoms with E-state index in [0.29, 0.717) is 36.0 Å². The molecular weight excluding hydrogens is 384 g/mol. The number of hydrogen-bond donors (Lipinski definition) is 0. The summed E-state index contributed by atoms with van der Waals surface area (Å²) in [6, 6.07) is 12.9. The average Bonchev–Trinajstić information content (AvgIpc) is 2.73. The summed E-state index contributed by atoms with van der Waals surface area (Å²) in [5, 5.41) is 0. The second kappa shape index (κ2) is 8.67. The molecule has 2 aromatic rings. The molecule has 0 spiro atoms. The molecule has 0 saturated heterocycles. The topological polar surface area (TPSA) is 57.7 Å². The molecule has 1 aliphatic heterocycles. The number of anilines is 1. The summed E-state index contributed by atoms with van der Waals surface area (Å²) in [4.78, 5) is 15.2. The van der Waals surface area contributed by atoms with Crippen molar-refractivity contribution in [3.8, 4) is 0 Å². The Labute approximate surface area is 174 Å². The van der Waals surface area contributed by atoms with E-state index in [9.17, 15) is 13.2 Å². The Balaban J connectivity index is 1.92. The van der Waals surface area contributed by atoms with Crippen LogP contribution >= 0.6 is 0 Å². The smallest absolute Gasteiger partial charge is 0.258 e. The van der Waals surface area contributed by atoms with Gasteiger partial charge >= 0.3 is 0 Å². The predicted molar refractivity (Wildman–Crippen MR) is 117 cm³/mol. The van der Waals surface area contributed by atoms with Crippen molar-refractivity contribution >= 4 is 21.6 Å². The van der Waals surface area contributed by atoms with E-state index >= 15 is 0 Å². The minimum absolute atomic E-state index is 0.0411. The van der Waals surface area contributed by atoms with Crippen molar-refractivity contribution in [3.63, 3.8) is 0 Å². The Hall–Kier alpha value is -2.18. The molecule has 0 aliphatic carbocycles. The summed E-state index contributed by atoms with van der Waals surface area (Å²) in [7, 11) is -3.51. The van der Waals surface area contributed by atoms with Gasteiger partial charge in [-0.25, -0.2) is 8.42 Å². The fourth-order valence-electron chi connectivity index (χ4n) is 3.82. The third-order valence-corrected chi connectivity index (χ3v) is 7.63. The lowest BCUT2D eigenvalue weighted by molar-refractivity contribution is 0.0985. The number of carbonyl (C=O) groups is 1. The van der Waals surface area contributed by atoms with Crippen molar-refractivity contribution in [2.75, 3.05) is 24.5 Å². The van der Waals surface area contributed by atoms with E-state index in [-0.39, 0.29) is 5.91 Å². The minimum atomic E-state index is -3.51. The molecule has 1 aliphatic rings. The van der Waals surface area contributed by atoms with Crippen LogP contribution in [0.4, 0.5) is 5.69 Å². The third kappa shape index (κ3) is 4.23. The normalized spacial score (nSPS) is 14.3. The van der Waals surface area contributed by atoms with E-state index in [2.05, 4.69) is 13.8 Å². The van der Waals surface area contributed by atoms with Crippen LogP contribution in [0, 0.1) is 0 Å². The van der Waals surface area contributed by atoms with Gasteiger partial charge in [0.25, 0.3) is 5.91 Å². The highest BCUT2D eigenvalue weighted by Gasteiger charge is 2.27. The summed E-state index contributed by atoms with van der Waals surface area (Å²) < 4.78 is 27.2. The van der Waals surface area contributed by atoms with E-state index < -0.39 is 10.0 Å². The van der Waals surface area contributed by atoms with E-state index in [1.54, 1.807) is 23.1 Å². The van der Waals surface area contributed by atoms with Crippen molar-refractivity contribution in [1.82, 2.24) is 4.31 Å². The first-order valence-corrected chi connectivity index (χ1v) is 11.8. The van der Waals surface area contributed by atoms with E-state index in [4.69, 9.17) is 0 Å².